The van der Waals surface area contributed by atoms with Gasteiger partial charge in [-0.15, -0.1) is 24.2 Å². The lowest BCUT2D eigenvalue weighted by atomic mass is 10.1. The predicted octanol–water partition coefficient (Wildman–Crippen LogP) is 3.92. The Labute approximate surface area is 152 Å². The van der Waals surface area contributed by atoms with Crippen molar-refractivity contribution in [3.05, 3.63) is 59.2 Å². The maximum Gasteiger partial charge on any atom is 0.335 e. The molecule has 4 nitrogen and oxygen atoms in total. The zero-order valence-electron chi connectivity index (χ0n) is 13.4. The van der Waals surface area contributed by atoms with Crippen molar-refractivity contribution in [3.63, 3.8) is 0 Å². The lowest BCUT2D eigenvalue weighted by Crippen LogP contribution is -2.24. The summed E-state index contributed by atoms with van der Waals surface area (Å²) in [6.45, 7) is 2.56. The second-order valence-corrected chi connectivity index (χ2v) is 6.68. The molecule has 1 aliphatic heterocycles. The van der Waals surface area contributed by atoms with E-state index in [0.29, 0.717) is 5.56 Å². The Bertz CT molecular complexity index is 723. The second-order valence-electron chi connectivity index (χ2n) is 5.54. The molecule has 0 fully saturated rings. The van der Waals surface area contributed by atoms with Gasteiger partial charge in [-0.25, -0.2) is 4.79 Å². The summed E-state index contributed by atoms with van der Waals surface area (Å²) >= 11 is 1.86. The predicted molar refractivity (Wildman–Crippen MR) is 98.5 cm³/mol. The number of thioether (sulfide) groups is 1. The highest BCUT2D eigenvalue weighted by molar-refractivity contribution is 7.99. The quantitative estimate of drug-likeness (QED) is 0.889. The van der Waals surface area contributed by atoms with Gasteiger partial charge in [0, 0.05) is 30.3 Å². The zero-order valence-corrected chi connectivity index (χ0v) is 15.0. The van der Waals surface area contributed by atoms with Gasteiger partial charge in [0.15, 0.2) is 0 Å². The first-order valence-electron chi connectivity index (χ1n) is 7.50. The monoisotopic (exact) mass is 365 g/mol. The van der Waals surface area contributed by atoms with Crippen molar-refractivity contribution in [3.8, 4) is 5.75 Å². The van der Waals surface area contributed by atoms with E-state index in [1.807, 2.05) is 30.0 Å². The van der Waals surface area contributed by atoms with Crippen LogP contribution in [0.25, 0.3) is 0 Å². The van der Waals surface area contributed by atoms with Crippen molar-refractivity contribution in [2.75, 3.05) is 19.4 Å². The SMILES string of the molecule is COc1ccc2c(c1)CN(Cc1cccc(C(=O)O)c1)CCS2.Cl. The number of hydrogen-bond acceptors (Lipinski definition) is 4. The van der Waals surface area contributed by atoms with Crippen molar-refractivity contribution in [2.45, 2.75) is 18.0 Å². The third kappa shape index (κ3) is 4.44. The number of rotatable bonds is 4. The fourth-order valence-corrected chi connectivity index (χ4v) is 3.79. The van der Waals surface area contributed by atoms with E-state index in [9.17, 15) is 4.79 Å². The molecule has 0 atom stereocenters. The summed E-state index contributed by atoms with van der Waals surface area (Å²) in [4.78, 5) is 14.7. The smallest absolute Gasteiger partial charge is 0.335 e. The Morgan fingerprint density at radius 2 is 2.12 bits per heavy atom. The van der Waals surface area contributed by atoms with E-state index < -0.39 is 5.97 Å². The number of ether oxygens (including phenoxy) is 1. The number of carbonyl (C=O) groups is 1. The van der Waals surface area contributed by atoms with E-state index in [1.165, 1.54) is 10.5 Å². The molecule has 0 spiro atoms. The average molecular weight is 366 g/mol. The van der Waals surface area contributed by atoms with Crippen LogP contribution in [-0.2, 0) is 13.1 Å². The molecule has 24 heavy (non-hydrogen) atoms. The first kappa shape index (κ1) is 18.6. The summed E-state index contributed by atoms with van der Waals surface area (Å²) < 4.78 is 5.32. The van der Waals surface area contributed by atoms with Gasteiger partial charge in [0.25, 0.3) is 0 Å². The first-order valence-corrected chi connectivity index (χ1v) is 8.48. The maximum atomic E-state index is 11.1. The van der Waals surface area contributed by atoms with Crippen LogP contribution < -0.4 is 4.74 Å². The standard InChI is InChI=1S/C18H19NO3S.ClH/c1-22-16-5-6-17-15(10-16)12-19(7-8-23-17)11-13-3-2-4-14(9-13)18(20)21;/h2-6,9-10H,7-8,11-12H2,1H3,(H,20,21);1H. The van der Waals surface area contributed by atoms with Crippen molar-refractivity contribution in [1.82, 2.24) is 4.90 Å². The second kappa shape index (κ2) is 8.42. The summed E-state index contributed by atoms with van der Waals surface area (Å²) in [7, 11) is 1.68. The van der Waals surface area contributed by atoms with Crippen LogP contribution in [-0.4, -0.2) is 35.4 Å². The Morgan fingerprint density at radius 3 is 2.88 bits per heavy atom. The first-order chi connectivity index (χ1) is 11.2. The average Bonchev–Trinajstić information content (AvgIpc) is 2.75. The van der Waals surface area contributed by atoms with Crippen molar-refractivity contribution < 1.29 is 14.6 Å². The molecule has 3 rings (SSSR count). The summed E-state index contributed by atoms with van der Waals surface area (Å²) in [5, 5.41) is 9.12. The van der Waals surface area contributed by atoms with Gasteiger partial charge in [-0.05, 0) is 41.5 Å². The highest BCUT2D eigenvalue weighted by Crippen LogP contribution is 2.30. The molecule has 0 aliphatic carbocycles. The lowest BCUT2D eigenvalue weighted by Gasteiger charge is -2.20. The Hall–Kier alpha value is -1.69. The van der Waals surface area contributed by atoms with Crippen LogP contribution >= 0.6 is 24.2 Å². The Balaban J connectivity index is 0.00000208. The van der Waals surface area contributed by atoms with Gasteiger partial charge in [0.1, 0.15) is 5.75 Å². The number of aromatic carboxylic acids is 1. The van der Waals surface area contributed by atoms with E-state index >= 15 is 0 Å². The maximum absolute atomic E-state index is 11.1. The van der Waals surface area contributed by atoms with Gasteiger partial charge in [-0.3, -0.25) is 4.90 Å². The van der Waals surface area contributed by atoms with E-state index in [1.54, 1.807) is 19.2 Å². The van der Waals surface area contributed by atoms with Gasteiger partial charge in [0.05, 0.1) is 12.7 Å². The molecule has 128 valence electrons. The molecule has 0 bridgehead atoms. The molecule has 6 heteroatoms. The van der Waals surface area contributed by atoms with Crippen LogP contribution in [0.5, 0.6) is 5.75 Å². The molecule has 1 heterocycles. The van der Waals surface area contributed by atoms with E-state index in [0.717, 1.165) is 36.7 Å². The molecule has 0 aromatic heterocycles. The van der Waals surface area contributed by atoms with E-state index in [4.69, 9.17) is 9.84 Å². The molecule has 0 amide bonds. The summed E-state index contributed by atoms with van der Waals surface area (Å²) in [6.07, 6.45) is 0. The van der Waals surface area contributed by atoms with Crippen LogP contribution in [0, 0.1) is 0 Å². The molecule has 0 saturated carbocycles. The normalized spacial score (nSPS) is 14.2. The van der Waals surface area contributed by atoms with Gasteiger partial charge in [-0.1, -0.05) is 12.1 Å². The summed E-state index contributed by atoms with van der Waals surface area (Å²) in [5.74, 6) is 1.02. The lowest BCUT2D eigenvalue weighted by molar-refractivity contribution is 0.0696. The summed E-state index contributed by atoms with van der Waals surface area (Å²) in [5.41, 5.74) is 2.64. The number of carboxylic acids is 1. The van der Waals surface area contributed by atoms with Crippen molar-refractivity contribution >= 4 is 30.1 Å². The molecule has 1 aliphatic rings. The Kier molecular flexibility index (Phi) is 6.54. The molecular weight excluding hydrogens is 346 g/mol. The number of nitrogens with zero attached hydrogens (tertiary/aromatic N) is 1. The fourth-order valence-electron chi connectivity index (χ4n) is 2.75. The third-order valence-electron chi connectivity index (χ3n) is 3.91. The highest BCUT2D eigenvalue weighted by Gasteiger charge is 2.16. The van der Waals surface area contributed by atoms with Crippen molar-refractivity contribution in [1.29, 1.82) is 0 Å². The fraction of sp³-hybridized carbons (Fsp3) is 0.278. The number of benzene rings is 2. The van der Waals surface area contributed by atoms with Crippen LogP contribution in [0.2, 0.25) is 0 Å². The van der Waals surface area contributed by atoms with Gasteiger partial charge >= 0.3 is 5.97 Å². The number of hydrogen-bond donors (Lipinski definition) is 1. The topological polar surface area (TPSA) is 49.8 Å². The molecule has 0 unspecified atom stereocenters. The largest absolute Gasteiger partial charge is 0.497 e. The van der Waals surface area contributed by atoms with E-state index in [-0.39, 0.29) is 12.4 Å². The minimum absolute atomic E-state index is 0. The molecule has 2 aromatic rings. The molecular formula is C18H20ClNO3S. The van der Waals surface area contributed by atoms with Crippen LogP contribution in [0.1, 0.15) is 21.5 Å². The highest BCUT2D eigenvalue weighted by atomic mass is 35.5. The minimum Gasteiger partial charge on any atom is -0.497 e. The Morgan fingerprint density at radius 1 is 1.29 bits per heavy atom. The van der Waals surface area contributed by atoms with Crippen LogP contribution in [0.15, 0.2) is 47.4 Å². The van der Waals surface area contributed by atoms with Crippen LogP contribution in [0.3, 0.4) is 0 Å². The number of fused-ring (bicyclic) bond motifs is 1. The molecule has 1 N–H and O–H groups in total. The molecule has 0 radical (unpaired) electrons. The van der Waals surface area contributed by atoms with Crippen LogP contribution in [0.4, 0.5) is 0 Å². The number of carboxylic acid groups (broad SMARTS) is 1. The van der Waals surface area contributed by atoms with Gasteiger partial charge in [0.2, 0.25) is 0 Å². The third-order valence-corrected chi connectivity index (χ3v) is 5.00. The summed E-state index contributed by atoms with van der Waals surface area (Å²) in [6, 6.07) is 13.4. The van der Waals surface area contributed by atoms with Gasteiger partial charge < -0.3 is 9.84 Å². The van der Waals surface area contributed by atoms with Gasteiger partial charge in [-0.2, -0.15) is 0 Å². The minimum atomic E-state index is -0.881. The van der Waals surface area contributed by atoms with Crippen molar-refractivity contribution in [2.24, 2.45) is 0 Å². The number of halogens is 1. The van der Waals surface area contributed by atoms with E-state index in [2.05, 4.69) is 17.0 Å². The zero-order chi connectivity index (χ0) is 16.2. The number of methoxy groups -OCH3 is 1. The molecule has 0 saturated heterocycles. The molecule has 2 aromatic carbocycles.